The molecule has 0 spiro atoms. The number of non-ortho nitro benzene ring substituents is 1. The van der Waals surface area contributed by atoms with Crippen LogP contribution in [-0.2, 0) is 10.0 Å². The van der Waals surface area contributed by atoms with Crippen LogP contribution in [0.25, 0.3) is 0 Å². The first-order chi connectivity index (χ1) is 13.1. The second-order valence-corrected chi connectivity index (χ2v) is 7.75. The first kappa shape index (κ1) is 19.4. The van der Waals surface area contributed by atoms with Crippen molar-refractivity contribution < 1.29 is 32.7 Å². The predicted molar refractivity (Wildman–Crippen MR) is 97.8 cm³/mol. The van der Waals surface area contributed by atoms with E-state index in [1.807, 2.05) is 0 Å². The lowest BCUT2D eigenvalue weighted by Crippen LogP contribution is -2.20. The number of fused-ring (bicyclic) bond motifs is 1. The summed E-state index contributed by atoms with van der Waals surface area (Å²) in [6, 6.07) is 4.58. The van der Waals surface area contributed by atoms with Crippen LogP contribution in [0.5, 0.6) is 11.5 Å². The van der Waals surface area contributed by atoms with Gasteiger partial charge < -0.3 is 14.6 Å². The maximum absolute atomic E-state index is 12.9. The van der Waals surface area contributed by atoms with Gasteiger partial charge in [-0.1, -0.05) is 0 Å². The monoisotopic (exact) mass is 408 g/mol. The Morgan fingerprint density at radius 3 is 2.32 bits per heavy atom. The number of nitrogens with one attached hydrogen (secondary N) is 1. The molecule has 1 heterocycles. The van der Waals surface area contributed by atoms with Gasteiger partial charge in [-0.15, -0.1) is 0 Å². The average molecular weight is 408 g/mol. The van der Waals surface area contributed by atoms with Gasteiger partial charge in [0.2, 0.25) is 0 Å². The molecule has 2 aromatic rings. The topological polar surface area (TPSA) is 145 Å². The molecule has 0 amide bonds. The third-order valence-corrected chi connectivity index (χ3v) is 5.75. The highest BCUT2D eigenvalue weighted by atomic mass is 32.2. The van der Waals surface area contributed by atoms with E-state index in [2.05, 4.69) is 4.72 Å². The maximum Gasteiger partial charge on any atom is 0.337 e. The molecule has 11 heteroatoms. The molecule has 1 aliphatic rings. The van der Waals surface area contributed by atoms with Crippen LogP contribution in [0, 0.1) is 24.0 Å². The lowest BCUT2D eigenvalue weighted by atomic mass is 10.1. The Hall–Kier alpha value is -3.34. The highest BCUT2D eigenvalue weighted by Gasteiger charge is 2.26. The lowest BCUT2D eigenvalue weighted by molar-refractivity contribution is -0.385. The Morgan fingerprint density at radius 2 is 1.75 bits per heavy atom. The van der Waals surface area contributed by atoms with Crippen molar-refractivity contribution in [3.8, 4) is 11.5 Å². The second-order valence-electron chi connectivity index (χ2n) is 6.10. The number of carboxylic acids is 1. The normalized spacial score (nSPS) is 13.1. The van der Waals surface area contributed by atoms with Crippen molar-refractivity contribution in [3.63, 3.8) is 0 Å². The molecule has 0 fully saturated rings. The quantitative estimate of drug-likeness (QED) is 0.567. The zero-order valence-electron chi connectivity index (χ0n) is 14.9. The summed E-state index contributed by atoms with van der Waals surface area (Å²) in [6.45, 7) is 3.53. The number of ether oxygens (including phenoxy) is 2. The lowest BCUT2D eigenvalue weighted by Gasteiger charge is -2.21. The Morgan fingerprint density at radius 1 is 1.14 bits per heavy atom. The molecule has 3 rings (SSSR count). The van der Waals surface area contributed by atoms with E-state index in [0.717, 1.165) is 6.07 Å². The van der Waals surface area contributed by atoms with E-state index < -0.39 is 20.9 Å². The molecule has 0 saturated carbocycles. The van der Waals surface area contributed by atoms with Crippen LogP contribution in [0.15, 0.2) is 29.2 Å². The summed E-state index contributed by atoms with van der Waals surface area (Å²) in [6.07, 6.45) is 0. The zero-order chi connectivity index (χ0) is 20.6. The van der Waals surface area contributed by atoms with Gasteiger partial charge in [0.05, 0.1) is 21.1 Å². The number of carboxylic acid groups (broad SMARTS) is 1. The van der Waals surface area contributed by atoms with Gasteiger partial charge in [-0.3, -0.25) is 14.8 Å². The first-order valence-electron chi connectivity index (χ1n) is 8.05. The fourth-order valence-corrected chi connectivity index (χ4v) is 4.15. The van der Waals surface area contributed by atoms with E-state index in [1.165, 1.54) is 25.1 Å². The van der Waals surface area contributed by atoms with Crippen molar-refractivity contribution in [2.45, 2.75) is 18.7 Å². The van der Waals surface area contributed by atoms with E-state index in [1.54, 1.807) is 6.92 Å². The van der Waals surface area contributed by atoms with Crippen molar-refractivity contribution >= 4 is 27.4 Å². The summed E-state index contributed by atoms with van der Waals surface area (Å²) in [5, 5.41) is 20.5. The highest BCUT2D eigenvalue weighted by molar-refractivity contribution is 7.92. The molecule has 0 aromatic heterocycles. The van der Waals surface area contributed by atoms with Crippen molar-refractivity contribution in [1.82, 2.24) is 0 Å². The third-order valence-electron chi connectivity index (χ3n) is 4.26. The van der Waals surface area contributed by atoms with E-state index in [4.69, 9.17) is 9.47 Å². The second kappa shape index (κ2) is 7.00. The summed E-state index contributed by atoms with van der Waals surface area (Å²) in [7, 11) is -4.32. The Labute approximate surface area is 159 Å². The SMILES string of the molecule is Cc1cc([N+](=O)[O-])cc(S(=O)(=O)Nc2cc3c(cc2C(=O)O)OCCO3)c1C. The van der Waals surface area contributed by atoms with Gasteiger partial charge in [0.1, 0.15) is 13.2 Å². The number of aromatic carboxylic acids is 1. The first-order valence-corrected chi connectivity index (χ1v) is 9.54. The summed E-state index contributed by atoms with van der Waals surface area (Å²) in [5.74, 6) is -0.989. The molecule has 0 saturated heterocycles. The number of nitro benzene ring substituents is 1. The number of rotatable bonds is 5. The molecule has 0 bridgehead atoms. The minimum atomic E-state index is -4.32. The van der Waals surface area contributed by atoms with Crippen LogP contribution < -0.4 is 14.2 Å². The van der Waals surface area contributed by atoms with E-state index in [0.29, 0.717) is 11.1 Å². The molecule has 1 aliphatic heterocycles. The summed E-state index contributed by atoms with van der Waals surface area (Å²) < 4.78 is 38.7. The number of anilines is 1. The van der Waals surface area contributed by atoms with Crippen molar-refractivity contribution in [2.75, 3.05) is 17.9 Å². The molecule has 0 radical (unpaired) electrons. The zero-order valence-corrected chi connectivity index (χ0v) is 15.7. The van der Waals surface area contributed by atoms with Crippen LogP contribution in [-0.4, -0.2) is 37.6 Å². The van der Waals surface area contributed by atoms with E-state index >= 15 is 0 Å². The molecule has 0 unspecified atom stereocenters. The largest absolute Gasteiger partial charge is 0.486 e. The standard InChI is InChI=1S/C17H16N2O8S/c1-9-5-11(19(22)23)6-16(10(9)2)28(24,25)18-13-8-15-14(26-3-4-27-15)7-12(13)17(20)21/h5-8,18H,3-4H2,1-2H3,(H,20,21). The Kier molecular flexibility index (Phi) is 4.86. The van der Waals surface area contributed by atoms with Crippen LogP contribution in [0.4, 0.5) is 11.4 Å². The Balaban J connectivity index is 2.11. The number of nitrogens with zero attached hydrogens (tertiary/aromatic N) is 1. The summed E-state index contributed by atoms with van der Waals surface area (Å²) in [5.41, 5.74) is -0.236. The van der Waals surface area contributed by atoms with Crippen molar-refractivity contribution in [1.29, 1.82) is 0 Å². The van der Waals surface area contributed by atoms with Crippen molar-refractivity contribution in [3.05, 3.63) is 51.1 Å². The van der Waals surface area contributed by atoms with Gasteiger partial charge in [0, 0.05) is 24.3 Å². The maximum atomic E-state index is 12.9. The number of sulfonamides is 1. The summed E-state index contributed by atoms with van der Waals surface area (Å²) >= 11 is 0. The molecular formula is C17H16N2O8S. The number of hydrogen-bond donors (Lipinski definition) is 2. The minimum Gasteiger partial charge on any atom is -0.486 e. The van der Waals surface area contributed by atoms with Gasteiger partial charge in [0.15, 0.2) is 11.5 Å². The van der Waals surface area contributed by atoms with E-state index in [9.17, 15) is 28.4 Å². The molecule has 0 atom stereocenters. The van der Waals surface area contributed by atoms with Gasteiger partial charge in [-0.25, -0.2) is 13.2 Å². The van der Waals surface area contributed by atoms with Crippen LogP contribution in [0.3, 0.4) is 0 Å². The number of benzene rings is 2. The minimum absolute atomic E-state index is 0.189. The van der Waals surface area contributed by atoms with Crippen LogP contribution in [0.2, 0.25) is 0 Å². The molecule has 28 heavy (non-hydrogen) atoms. The molecule has 2 N–H and O–H groups in total. The average Bonchev–Trinajstić information content (AvgIpc) is 2.62. The fourth-order valence-electron chi connectivity index (χ4n) is 2.74. The molecule has 10 nitrogen and oxygen atoms in total. The van der Waals surface area contributed by atoms with Crippen LogP contribution >= 0.6 is 0 Å². The predicted octanol–water partition coefficient (Wildman–Crippen LogP) is 2.48. The molecule has 148 valence electrons. The molecular weight excluding hydrogens is 392 g/mol. The number of hydrogen-bond acceptors (Lipinski definition) is 7. The molecule has 0 aliphatic carbocycles. The fraction of sp³-hybridized carbons (Fsp3) is 0.235. The highest BCUT2D eigenvalue weighted by Crippen LogP contribution is 2.37. The summed E-state index contributed by atoms with van der Waals surface area (Å²) in [4.78, 5) is 21.7. The number of carbonyl (C=O) groups is 1. The van der Waals surface area contributed by atoms with Crippen molar-refractivity contribution in [2.24, 2.45) is 0 Å². The smallest absolute Gasteiger partial charge is 0.337 e. The molecule has 2 aromatic carbocycles. The van der Waals surface area contributed by atoms with E-state index in [-0.39, 0.29) is 46.5 Å². The van der Waals surface area contributed by atoms with Crippen LogP contribution in [0.1, 0.15) is 21.5 Å². The van der Waals surface area contributed by atoms with Gasteiger partial charge >= 0.3 is 5.97 Å². The third kappa shape index (κ3) is 3.56. The number of nitro groups is 1. The van der Waals surface area contributed by atoms with Gasteiger partial charge in [0.25, 0.3) is 15.7 Å². The van der Waals surface area contributed by atoms with Gasteiger partial charge in [-0.2, -0.15) is 0 Å². The number of aryl methyl sites for hydroxylation is 1. The van der Waals surface area contributed by atoms with Gasteiger partial charge in [-0.05, 0) is 25.0 Å². The Bertz CT molecular complexity index is 1090.